The number of benzene rings is 2. The molecule has 37 heavy (non-hydrogen) atoms. The second kappa shape index (κ2) is 9.56. The summed E-state index contributed by atoms with van der Waals surface area (Å²) < 4.78 is 21.3. The molecule has 4 fully saturated rings. The Bertz CT molecular complexity index is 1220. The summed E-state index contributed by atoms with van der Waals surface area (Å²) in [5, 5.41) is 2.84. The summed E-state index contributed by atoms with van der Waals surface area (Å²) in [7, 11) is 0. The van der Waals surface area contributed by atoms with Gasteiger partial charge >= 0.3 is 232 Å². The van der Waals surface area contributed by atoms with Gasteiger partial charge < -0.3 is 0 Å². The van der Waals surface area contributed by atoms with Crippen LogP contribution in [-0.2, 0) is 26.0 Å². The van der Waals surface area contributed by atoms with Gasteiger partial charge in [-0.25, -0.2) is 0 Å². The van der Waals surface area contributed by atoms with Crippen molar-refractivity contribution in [3.05, 3.63) is 80.7 Å². The van der Waals surface area contributed by atoms with Gasteiger partial charge in [0.15, 0.2) is 0 Å². The van der Waals surface area contributed by atoms with E-state index in [0.717, 1.165) is 19.3 Å². The van der Waals surface area contributed by atoms with Gasteiger partial charge in [0.2, 0.25) is 0 Å². The van der Waals surface area contributed by atoms with Gasteiger partial charge in [-0.2, -0.15) is 0 Å². The van der Waals surface area contributed by atoms with E-state index in [9.17, 15) is 4.79 Å². The fourth-order valence-corrected chi connectivity index (χ4v) is 30.7. The van der Waals surface area contributed by atoms with Crippen LogP contribution in [0, 0.1) is 23.2 Å². The molecular formula is C32H39FNOSiZr. The molecule has 1 amide bonds. The molecule has 0 aliphatic heterocycles. The second-order valence-corrected chi connectivity index (χ2v) is 26.4. The minimum absolute atomic E-state index is 0.206. The van der Waals surface area contributed by atoms with Crippen LogP contribution in [0.4, 0.5) is 4.39 Å². The van der Waals surface area contributed by atoms with Gasteiger partial charge in [-0.05, 0) is 0 Å². The molecule has 1 N–H and O–H groups in total. The monoisotopic (exact) mass is 590 g/mol. The number of hydrogen-bond acceptors (Lipinski definition) is 1. The average Bonchev–Trinajstić information content (AvgIpc) is 3.05. The number of nitrogens with one attached hydrogen (secondary N) is 1. The summed E-state index contributed by atoms with van der Waals surface area (Å²) in [6, 6.07) is 22.0. The van der Waals surface area contributed by atoms with Crippen molar-refractivity contribution in [1.82, 2.24) is 3.26 Å². The van der Waals surface area contributed by atoms with Crippen molar-refractivity contribution in [2.75, 3.05) is 0 Å². The molecule has 4 saturated carbocycles. The van der Waals surface area contributed by atoms with Gasteiger partial charge in [0.25, 0.3) is 0 Å². The zero-order valence-corrected chi connectivity index (χ0v) is 26.2. The van der Waals surface area contributed by atoms with Crippen molar-refractivity contribution in [3.8, 4) is 0 Å². The van der Waals surface area contributed by atoms with Crippen LogP contribution < -0.4 is 13.6 Å². The third-order valence-corrected chi connectivity index (χ3v) is 29.4. The van der Waals surface area contributed by atoms with E-state index in [1.54, 1.807) is 3.28 Å². The number of allylic oxidation sites excluding steroid dienone is 4. The van der Waals surface area contributed by atoms with Crippen molar-refractivity contribution in [2.24, 2.45) is 23.2 Å². The van der Waals surface area contributed by atoms with Crippen LogP contribution in [0.3, 0.4) is 0 Å². The first-order valence-electron chi connectivity index (χ1n) is 14.1. The Morgan fingerprint density at radius 2 is 1.43 bits per heavy atom. The molecule has 193 valence electrons. The van der Waals surface area contributed by atoms with Gasteiger partial charge in [0, 0.05) is 0 Å². The molecule has 3 atom stereocenters. The molecule has 2 aromatic rings. The van der Waals surface area contributed by atoms with E-state index in [1.165, 1.54) is 27.1 Å². The third-order valence-electron chi connectivity index (χ3n) is 10.2. The summed E-state index contributed by atoms with van der Waals surface area (Å²) in [4.78, 5) is 14.5. The summed E-state index contributed by atoms with van der Waals surface area (Å²) in [5.74, 6) is -0.380. The molecule has 0 saturated heterocycles. The Balaban J connectivity index is 1.45. The summed E-state index contributed by atoms with van der Waals surface area (Å²) in [6.45, 7) is 9.16. The zero-order chi connectivity index (χ0) is 25.9. The molecule has 0 aromatic heterocycles. The Labute approximate surface area is 230 Å². The predicted molar refractivity (Wildman–Crippen MR) is 149 cm³/mol. The van der Waals surface area contributed by atoms with Crippen LogP contribution in [0.25, 0.3) is 0 Å². The first-order valence-corrected chi connectivity index (χ1v) is 22.5. The summed E-state index contributed by atoms with van der Waals surface area (Å²) >= 11 is -2.81. The number of amides is 1. The van der Waals surface area contributed by atoms with E-state index in [2.05, 4.69) is 91.6 Å². The van der Waals surface area contributed by atoms with Gasteiger partial charge in [0.05, 0.1) is 0 Å². The standard InChI is InChI=1S/C12H11Si.C11H16FNO.C9H13.Zr/c1-3-7-11(8-4-1)13-12-9-5-2-6-10-12;12-11-4-7-1-8(5-11)3-10(2-7,6-11)9(13)14;1-6-5-7(2)9(4)8(6)3;/h1-10,13H;7-8H,1-6H2,(H2,13,14);6H,1-4H3;/q;;;+1/p-1. The fraction of sp³-hybridized carbons (Fsp3) is 0.469. The van der Waals surface area contributed by atoms with E-state index in [4.69, 9.17) is 0 Å². The first-order chi connectivity index (χ1) is 17.7. The van der Waals surface area contributed by atoms with Crippen LogP contribution >= 0.6 is 0 Å². The molecule has 0 heterocycles. The number of halogens is 1. The van der Waals surface area contributed by atoms with Crippen molar-refractivity contribution < 1.29 is 30.4 Å². The summed E-state index contributed by atoms with van der Waals surface area (Å²) in [5.41, 5.74) is 2.65. The Kier molecular flexibility index (Phi) is 6.64. The number of rotatable bonds is 6. The molecule has 2 aromatic carbocycles. The molecule has 2 nitrogen and oxygen atoms in total. The van der Waals surface area contributed by atoms with Gasteiger partial charge in [0.1, 0.15) is 0 Å². The molecule has 5 heteroatoms. The second-order valence-electron chi connectivity index (χ2n) is 12.6. The maximum atomic E-state index is 15.9. The predicted octanol–water partition coefficient (Wildman–Crippen LogP) is 5.74. The molecule has 0 spiro atoms. The molecular weight excluding hydrogens is 553 g/mol. The molecule has 3 unspecified atom stereocenters. The average molecular weight is 592 g/mol. The number of carbonyl (C=O) groups is 1. The molecule has 5 aliphatic carbocycles. The summed E-state index contributed by atoms with van der Waals surface area (Å²) in [6.07, 6.45) is 4.72. The van der Waals surface area contributed by atoms with Crippen molar-refractivity contribution in [1.29, 1.82) is 0 Å². The quantitative estimate of drug-likeness (QED) is 0.427. The molecule has 7 rings (SSSR count). The van der Waals surface area contributed by atoms with E-state index in [-0.39, 0.29) is 5.91 Å². The minimum atomic E-state index is -2.81. The van der Waals surface area contributed by atoms with E-state index < -0.39 is 38.2 Å². The van der Waals surface area contributed by atoms with Gasteiger partial charge in [-0.3, -0.25) is 0 Å². The molecule has 0 radical (unpaired) electrons. The molecule has 5 aliphatic rings. The number of hydrogen-bond donors (Lipinski definition) is 1. The van der Waals surface area contributed by atoms with Crippen molar-refractivity contribution in [3.63, 3.8) is 0 Å². The zero-order valence-electron chi connectivity index (χ0n) is 22.6. The van der Waals surface area contributed by atoms with Crippen molar-refractivity contribution in [2.45, 2.75) is 71.9 Å². The van der Waals surface area contributed by atoms with Crippen LogP contribution in [0.1, 0.15) is 66.2 Å². The van der Waals surface area contributed by atoms with E-state index in [0.29, 0.717) is 37.0 Å². The van der Waals surface area contributed by atoms with Crippen molar-refractivity contribution >= 4 is 22.2 Å². The van der Waals surface area contributed by atoms with Crippen LogP contribution in [0.5, 0.6) is 0 Å². The van der Waals surface area contributed by atoms with Gasteiger partial charge in [-0.1, -0.05) is 0 Å². The van der Waals surface area contributed by atoms with Crippen LogP contribution in [0.2, 0.25) is 0 Å². The number of carbonyl (C=O) groups excluding carboxylic acids is 1. The third kappa shape index (κ3) is 4.42. The van der Waals surface area contributed by atoms with E-state index in [1.807, 2.05) is 0 Å². The van der Waals surface area contributed by atoms with Crippen LogP contribution in [-0.4, -0.2) is 17.5 Å². The number of alkyl halides is 1. The SMILES string of the molecule is CC1=C(C)C(C)[C]([Zr]([NH]C(=O)C23CC4CC(CC(F)(C4)C2)C3)[SiH](c2ccccc2)c2ccccc2)=C1C. The maximum absolute atomic E-state index is 15.9. The van der Waals surface area contributed by atoms with E-state index >= 15 is 4.39 Å². The van der Waals surface area contributed by atoms with Crippen LogP contribution in [0.15, 0.2) is 80.7 Å². The topological polar surface area (TPSA) is 29.1 Å². The fourth-order valence-electron chi connectivity index (χ4n) is 8.58. The van der Waals surface area contributed by atoms with Gasteiger partial charge in [-0.15, -0.1) is 0 Å². The first kappa shape index (κ1) is 25.7. The Hall–Kier alpha value is -1.58. The Morgan fingerprint density at radius 1 is 0.892 bits per heavy atom. The normalized spacial score (nSPS) is 32.4. The molecule has 4 bridgehead atoms. The Morgan fingerprint density at radius 3 is 1.89 bits per heavy atom.